The number of aliphatic carboxylic acids is 1. The molecule has 1 saturated heterocycles. The normalized spacial score (nSPS) is 18.3. The largest absolute Gasteiger partial charge is 0.497 e. The number of benzene rings is 2. The molecule has 1 N–H and O–H groups in total. The quantitative estimate of drug-likeness (QED) is 0.311. The second kappa shape index (κ2) is 13.0. The van der Waals surface area contributed by atoms with Crippen LogP contribution >= 0.6 is 11.8 Å². The van der Waals surface area contributed by atoms with Crippen LogP contribution < -0.4 is 9.47 Å². The average molecular weight is 509 g/mol. The summed E-state index contributed by atoms with van der Waals surface area (Å²) >= 11 is 1.80. The number of para-hydroxylation sites is 1. The Morgan fingerprint density at radius 2 is 2.00 bits per heavy atom. The van der Waals surface area contributed by atoms with Crippen molar-refractivity contribution in [3.8, 4) is 11.5 Å². The molecule has 0 saturated carbocycles. The van der Waals surface area contributed by atoms with Crippen LogP contribution in [-0.2, 0) is 11.2 Å². The first-order valence-electron chi connectivity index (χ1n) is 12.7. The minimum atomic E-state index is -0.692. The highest BCUT2D eigenvalue weighted by Gasteiger charge is 2.30. The van der Waals surface area contributed by atoms with Crippen molar-refractivity contribution in [3.63, 3.8) is 0 Å². The number of aromatic nitrogens is 1. The van der Waals surface area contributed by atoms with Crippen LogP contribution in [0, 0.1) is 11.8 Å². The Morgan fingerprint density at radius 1 is 1.14 bits per heavy atom. The number of pyridine rings is 1. The highest BCUT2D eigenvalue weighted by Crippen LogP contribution is 2.33. The zero-order valence-electron chi connectivity index (χ0n) is 21.2. The predicted molar refractivity (Wildman–Crippen MR) is 145 cm³/mol. The molecule has 1 aromatic heterocycles. The number of likely N-dealkylation sites (tertiary alicyclic amines) is 1. The zero-order chi connectivity index (χ0) is 25.3. The lowest BCUT2D eigenvalue weighted by molar-refractivity contribution is -0.139. The van der Waals surface area contributed by atoms with E-state index in [1.807, 2.05) is 36.5 Å². The maximum Gasteiger partial charge on any atom is 0.303 e. The molecular weight excluding hydrogens is 472 g/mol. The zero-order valence-corrected chi connectivity index (χ0v) is 22.0. The first kappa shape index (κ1) is 26.3. The molecule has 0 amide bonds. The molecule has 0 unspecified atom stereocenters. The van der Waals surface area contributed by atoms with E-state index in [0.717, 1.165) is 78.4 Å². The van der Waals surface area contributed by atoms with Gasteiger partial charge < -0.3 is 19.5 Å². The van der Waals surface area contributed by atoms with Crippen LogP contribution in [0.4, 0.5) is 0 Å². The number of nitrogens with zero attached hydrogens (tertiary/aromatic N) is 2. The number of hydrogen-bond donors (Lipinski definition) is 1. The summed E-state index contributed by atoms with van der Waals surface area (Å²) in [6.07, 6.45) is 6.23. The molecule has 1 aliphatic rings. The lowest BCUT2D eigenvalue weighted by atomic mass is 9.80. The molecule has 0 radical (unpaired) electrons. The van der Waals surface area contributed by atoms with Crippen LogP contribution in [0.5, 0.6) is 11.5 Å². The van der Waals surface area contributed by atoms with E-state index >= 15 is 0 Å². The van der Waals surface area contributed by atoms with Crippen molar-refractivity contribution in [1.82, 2.24) is 9.88 Å². The van der Waals surface area contributed by atoms with Gasteiger partial charge in [-0.05, 0) is 86.0 Å². The molecule has 2 heterocycles. The van der Waals surface area contributed by atoms with Crippen molar-refractivity contribution in [2.75, 3.05) is 39.6 Å². The Morgan fingerprint density at radius 3 is 2.81 bits per heavy atom. The van der Waals surface area contributed by atoms with Gasteiger partial charge in [-0.1, -0.05) is 12.1 Å². The van der Waals surface area contributed by atoms with Gasteiger partial charge >= 0.3 is 5.97 Å². The Kier molecular flexibility index (Phi) is 9.47. The van der Waals surface area contributed by atoms with Gasteiger partial charge in [0.15, 0.2) is 0 Å². The lowest BCUT2D eigenvalue weighted by Crippen LogP contribution is -2.42. The highest BCUT2D eigenvalue weighted by molar-refractivity contribution is 7.99. The van der Waals surface area contributed by atoms with Gasteiger partial charge in [0.2, 0.25) is 0 Å². The van der Waals surface area contributed by atoms with Crippen LogP contribution in [0.3, 0.4) is 0 Å². The summed E-state index contributed by atoms with van der Waals surface area (Å²) in [6.45, 7) is 2.85. The molecule has 1 aliphatic heterocycles. The van der Waals surface area contributed by atoms with E-state index in [-0.39, 0.29) is 12.3 Å². The second-order valence-electron chi connectivity index (χ2n) is 9.45. The summed E-state index contributed by atoms with van der Waals surface area (Å²) < 4.78 is 10.9. The number of hydrogen-bond acceptors (Lipinski definition) is 6. The number of carbonyl (C=O) groups is 1. The number of rotatable bonds is 12. The third-order valence-electron chi connectivity index (χ3n) is 7.21. The Bertz CT molecular complexity index is 1160. The van der Waals surface area contributed by atoms with Crippen molar-refractivity contribution in [1.29, 1.82) is 0 Å². The van der Waals surface area contributed by atoms with Crippen LogP contribution in [0.15, 0.2) is 59.6 Å². The molecule has 36 heavy (non-hydrogen) atoms. The number of aryl methyl sites for hydroxylation is 1. The average Bonchev–Trinajstić information content (AvgIpc) is 2.89. The number of carboxylic acids is 1. The number of piperidine rings is 1. The molecule has 7 heteroatoms. The molecule has 3 aromatic rings. The van der Waals surface area contributed by atoms with Gasteiger partial charge in [0, 0.05) is 41.7 Å². The van der Waals surface area contributed by atoms with Crippen LogP contribution in [0.25, 0.3) is 10.9 Å². The summed E-state index contributed by atoms with van der Waals surface area (Å²) in [5.74, 6) is 2.66. The van der Waals surface area contributed by atoms with Crippen LogP contribution in [0.2, 0.25) is 0 Å². The monoisotopic (exact) mass is 508 g/mol. The molecule has 2 aromatic carbocycles. The van der Waals surface area contributed by atoms with Crippen molar-refractivity contribution in [2.24, 2.45) is 11.8 Å². The predicted octanol–water partition coefficient (Wildman–Crippen LogP) is 5.78. The van der Waals surface area contributed by atoms with Crippen molar-refractivity contribution < 1.29 is 19.4 Å². The molecular formula is C29H36N2O4S. The van der Waals surface area contributed by atoms with Gasteiger partial charge in [0.05, 0.1) is 19.7 Å². The van der Waals surface area contributed by atoms with Gasteiger partial charge in [-0.3, -0.25) is 9.78 Å². The third-order valence-corrected chi connectivity index (χ3v) is 8.24. The molecule has 192 valence electrons. The molecule has 2 atom stereocenters. The second-order valence-corrected chi connectivity index (χ2v) is 10.6. The number of fused-ring (bicyclic) bond motifs is 1. The minimum Gasteiger partial charge on any atom is -0.497 e. The fourth-order valence-corrected chi connectivity index (χ4v) is 6.34. The third kappa shape index (κ3) is 6.92. The van der Waals surface area contributed by atoms with E-state index in [1.54, 1.807) is 26.0 Å². The topological polar surface area (TPSA) is 71.9 Å². The van der Waals surface area contributed by atoms with Gasteiger partial charge in [-0.15, -0.1) is 11.8 Å². The number of carboxylic acid groups (broad SMARTS) is 1. The van der Waals surface area contributed by atoms with E-state index in [1.165, 1.54) is 5.56 Å². The molecule has 0 spiro atoms. The highest BCUT2D eigenvalue weighted by atomic mass is 32.2. The number of ether oxygens (including phenoxy) is 2. The Labute approximate surface area is 218 Å². The standard InChI is InChI=1S/C29H36N2O4S/c1-34-24-10-11-26-25(19-24)22(12-14-30-26)7-5-6-21-13-15-31(20-23(21)18-29(32)33)16-17-36-28-9-4-3-8-27(28)35-2/h3-4,8-12,14,19,21,23H,5-7,13,15-18,20H2,1-2H3,(H,32,33)/t21-,23+/m1/s1. The van der Waals surface area contributed by atoms with E-state index < -0.39 is 5.97 Å². The van der Waals surface area contributed by atoms with Gasteiger partial charge in [-0.2, -0.15) is 0 Å². The van der Waals surface area contributed by atoms with Crippen molar-refractivity contribution in [2.45, 2.75) is 37.0 Å². The van der Waals surface area contributed by atoms with E-state index in [9.17, 15) is 9.90 Å². The first-order valence-corrected chi connectivity index (χ1v) is 13.7. The maximum atomic E-state index is 11.6. The van der Waals surface area contributed by atoms with Crippen LogP contribution in [0.1, 0.15) is 31.2 Å². The van der Waals surface area contributed by atoms with Crippen molar-refractivity contribution in [3.05, 3.63) is 60.3 Å². The van der Waals surface area contributed by atoms with Crippen molar-refractivity contribution >= 4 is 28.6 Å². The van der Waals surface area contributed by atoms with Crippen LogP contribution in [-0.4, -0.2) is 60.6 Å². The maximum absolute atomic E-state index is 11.6. The Balaban J connectivity index is 1.31. The van der Waals surface area contributed by atoms with E-state index in [0.29, 0.717) is 5.92 Å². The van der Waals surface area contributed by atoms with E-state index in [2.05, 4.69) is 28.1 Å². The SMILES string of the molecule is COc1ccc2nccc(CCC[C@@H]3CCN(CCSc4ccccc4OC)C[C@@H]3CC(=O)O)c2c1. The van der Waals surface area contributed by atoms with E-state index in [4.69, 9.17) is 9.47 Å². The number of methoxy groups -OCH3 is 2. The summed E-state index contributed by atoms with van der Waals surface area (Å²) in [5, 5.41) is 10.7. The number of thioether (sulfide) groups is 1. The fourth-order valence-electron chi connectivity index (χ4n) is 5.30. The molecule has 0 bridgehead atoms. The van der Waals surface area contributed by atoms with Gasteiger partial charge in [0.25, 0.3) is 0 Å². The fraction of sp³-hybridized carbons (Fsp3) is 0.448. The van der Waals surface area contributed by atoms with Gasteiger partial charge in [0.1, 0.15) is 11.5 Å². The Hall–Kier alpha value is -2.77. The smallest absolute Gasteiger partial charge is 0.303 e. The minimum absolute atomic E-state index is 0.196. The molecule has 0 aliphatic carbocycles. The first-order chi connectivity index (χ1) is 17.6. The van der Waals surface area contributed by atoms with Gasteiger partial charge in [-0.25, -0.2) is 0 Å². The summed E-state index contributed by atoms with van der Waals surface area (Å²) in [6, 6.07) is 16.2. The summed E-state index contributed by atoms with van der Waals surface area (Å²) in [5.41, 5.74) is 2.26. The molecule has 1 fully saturated rings. The molecule has 6 nitrogen and oxygen atoms in total. The molecule has 4 rings (SSSR count). The summed E-state index contributed by atoms with van der Waals surface area (Å²) in [7, 11) is 3.39. The summed E-state index contributed by atoms with van der Waals surface area (Å²) in [4.78, 5) is 19.7. The lowest BCUT2D eigenvalue weighted by Gasteiger charge is -2.38.